The SMILES string of the molecule is CCOc1ccccc1CCC(=O)O[C@@H](C)C(=O)Nc1cccnc1Cl. The number of halogens is 1. The van der Waals surface area contributed by atoms with Crippen molar-refractivity contribution in [1.82, 2.24) is 4.98 Å². The molecule has 0 unspecified atom stereocenters. The third kappa shape index (κ3) is 5.74. The Hall–Kier alpha value is -2.60. The molecule has 7 heteroatoms. The second-order valence-electron chi connectivity index (χ2n) is 5.50. The number of hydrogen-bond donors (Lipinski definition) is 1. The summed E-state index contributed by atoms with van der Waals surface area (Å²) in [6.07, 6.45) is 1.19. The van der Waals surface area contributed by atoms with E-state index in [4.69, 9.17) is 21.1 Å². The number of carbonyl (C=O) groups is 2. The number of hydrogen-bond acceptors (Lipinski definition) is 5. The van der Waals surface area contributed by atoms with Crippen LogP contribution in [0, 0.1) is 0 Å². The first-order chi connectivity index (χ1) is 12.5. The van der Waals surface area contributed by atoms with Crippen LogP contribution in [0.1, 0.15) is 25.8 Å². The lowest BCUT2D eigenvalue weighted by molar-refractivity contribution is -0.153. The molecule has 1 aromatic carbocycles. The highest BCUT2D eigenvalue weighted by atomic mass is 35.5. The highest BCUT2D eigenvalue weighted by molar-refractivity contribution is 6.32. The maximum absolute atomic E-state index is 12.1. The number of aromatic nitrogens is 1. The van der Waals surface area contributed by atoms with E-state index >= 15 is 0 Å². The van der Waals surface area contributed by atoms with Crippen molar-refractivity contribution in [2.45, 2.75) is 32.8 Å². The smallest absolute Gasteiger partial charge is 0.306 e. The quantitative estimate of drug-likeness (QED) is 0.562. The van der Waals surface area contributed by atoms with Crippen molar-refractivity contribution in [2.24, 2.45) is 0 Å². The lowest BCUT2D eigenvalue weighted by atomic mass is 10.1. The summed E-state index contributed by atoms with van der Waals surface area (Å²) < 4.78 is 10.7. The molecule has 0 bridgehead atoms. The van der Waals surface area contributed by atoms with Crippen molar-refractivity contribution in [1.29, 1.82) is 0 Å². The molecule has 26 heavy (non-hydrogen) atoms. The standard InChI is InChI=1S/C19H21ClN2O4/c1-3-25-16-9-5-4-7-14(16)10-11-17(23)26-13(2)19(24)22-15-8-6-12-21-18(15)20/h4-9,12-13H,3,10-11H2,1-2H3,(H,22,24)/t13-/m0/s1. The number of benzene rings is 1. The van der Waals surface area contributed by atoms with Crippen LogP contribution < -0.4 is 10.1 Å². The minimum Gasteiger partial charge on any atom is -0.494 e. The molecular formula is C19H21ClN2O4. The van der Waals surface area contributed by atoms with Gasteiger partial charge < -0.3 is 14.8 Å². The third-order valence-electron chi connectivity index (χ3n) is 3.57. The molecule has 1 N–H and O–H groups in total. The van der Waals surface area contributed by atoms with Crippen LogP contribution in [-0.2, 0) is 20.7 Å². The Balaban J connectivity index is 1.85. The van der Waals surface area contributed by atoms with Crippen molar-refractivity contribution in [3.8, 4) is 5.75 Å². The van der Waals surface area contributed by atoms with Gasteiger partial charge in [-0.15, -0.1) is 0 Å². The normalized spacial score (nSPS) is 11.5. The third-order valence-corrected chi connectivity index (χ3v) is 3.87. The Morgan fingerprint density at radius 1 is 1.23 bits per heavy atom. The van der Waals surface area contributed by atoms with Gasteiger partial charge in [-0.2, -0.15) is 0 Å². The highest BCUT2D eigenvalue weighted by Gasteiger charge is 2.19. The van der Waals surface area contributed by atoms with Gasteiger partial charge in [0.05, 0.1) is 12.3 Å². The van der Waals surface area contributed by atoms with E-state index in [1.54, 1.807) is 12.1 Å². The number of carbonyl (C=O) groups excluding carboxylic acids is 2. The molecule has 1 aromatic heterocycles. The molecule has 2 aromatic rings. The second kappa shape index (κ2) is 9.77. The van der Waals surface area contributed by atoms with Crippen molar-refractivity contribution in [2.75, 3.05) is 11.9 Å². The molecule has 1 amide bonds. The number of esters is 1. The molecule has 6 nitrogen and oxygen atoms in total. The molecule has 0 radical (unpaired) electrons. The Morgan fingerprint density at radius 2 is 2.00 bits per heavy atom. The minimum absolute atomic E-state index is 0.148. The Morgan fingerprint density at radius 3 is 2.73 bits per heavy atom. The Labute approximate surface area is 157 Å². The topological polar surface area (TPSA) is 77.5 Å². The maximum Gasteiger partial charge on any atom is 0.306 e. The fourth-order valence-corrected chi connectivity index (χ4v) is 2.43. The van der Waals surface area contributed by atoms with Crippen LogP contribution in [0.2, 0.25) is 5.15 Å². The van der Waals surface area contributed by atoms with Crippen LogP contribution in [0.3, 0.4) is 0 Å². The number of para-hydroxylation sites is 1. The zero-order valence-electron chi connectivity index (χ0n) is 14.7. The summed E-state index contributed by atoms with van der Waals surface area (Å²) in [5, 5.41) is 2.76. The monoisotopic (exact) mass is 376 g/mol. The number of rotatable bonds is 8. The molecule has 1 atom stereocenters. The van der Waals surface area contributed by atoms with Crippen molar-refractivity contribution < 1.29 is 19.1 Å². The van der Waals surface area contributed by atoms with Gasteiger partial charge in [0.1, 0.15) is 5.75 Å². The van der Waals surface area contributed by atoms with Crippen molar-refractivity contribution in [3.05, 3.63) is 53.3 Å². The molecule has 0 saturated heterocycles. The van der Waals surface area contributed by atoms with E-state index in [1.165, 1.54) is 13.1 Å². The van der Waals surface area contributed by atoms with Gasteiger partial charge >= 0.3 is 5.97 Å². The molecule has 0 fully saturated rings. The maximum atomic E-state index is 12.1. The fraction of sp³-hybridized carbons (Fsp3) is 0.316. The molecule has 0 aliphatic carbocycles. The van der Waals surface area contributed by atoms with Gasteiger partial charge in [-0.3, -0.25) is 9.59 Å². The zero-order valence-corrected chi connectivity index (χ0v) is 15.5. The van der Waals surface area contributed by atoms with E-state index in [2.05, 4.69) is 10.3 Å². The number of amides is 1. The average molecular weight is 377 g/mol. The Bertz CT molecular complexity index is 767. The van der Waals surface area contributed by atoms with Crippen LogP contribution in [0.15, 0.2) is 42.6 Å². The summed E-state index contributed by atoms with van der Waals surface area (Å²) in [6.45, 7) is 3.96. The predicted molar refractivity (Wildman–Crippen MR) is 99.4 cm³/mol. The second-order valence-corrected chi connectivity index (χ2v) is 5.86. The van der Waals surface area contributed by atoms with E-state index in [1.807, 2.05) is 31.2 Å². The minimum atomic E-state index is -0.944. The fourth-order valence-electron chi connectivity index (χ4n) is 2.27. The van der Waals surface area contributed by atoms with Crippen LogP contribution in [-0.4, -0.2) is 29.6 Å². The summed E-state index contributed by atoms with van der Waals surface area (Å²) in [7, 11) is 0. The number of nitrogens with zero attached hydrogens (tertiary/aromatic N) is 1. The average Bonchev–Trinajstić information content (AvgIpc) is 2.63. The summed E-state index contributed by atoms with van der Waals surface area (Å²) in [4.78, 5) is 28.0. The van der Waals surface area contributed by atoms with Crippen molar-refractivity contribution in [3.63, 3.8) is 0 Å². The number of nitrogens with one attached hydrogen (secondary N) is 1. The molecule has 0 aliphatic heterocycles. The molecular weight excluding hydrogens is 356 g/mol. The highest BCUT2D eigenvalue weighted by Crippen LogP contribution is 2.20. The summed E-state index contributed by atoms with van der Waals surface area (Å²) in [5.41, 5.74) is 1.29. The van der Waals surface area contributed by atoms with Gasteiger partial charge in [0.25, 0.3) is 5.91 Å². The van der Waals surface area contributed by atoms with Crippen molar-refractivity contribution >= 4 is 29.2 Å². The van der Waals surface area contributed by atoms with Gasteiger partial charge in [-0.05, 0) is 44.0 Å². The molecule has 0 saturated carbocycles. The molecule has 1 heterocycles. The molecule has 0 spiro atoms. The van der Waals surface area contributed by atoms with Gasteiger partial charge in [0, 0.05) is 12.6 Å². The predicted octanol–water partition coefficient (Wildman–Crippen LogP) is 3.64. The molecule has 138 valence electrons. The van der Waals surface area contributed by atoms with Gasteiger partial charge in [0.15, 0.2) is 11.3 Å². The lowest BCUT2D eigenvalue weighted by Crippen LogP contribution is -2.30. The van der Waals surface area contributed by atoms with E-state index in [0.717, 1.165) is 11.3 Å². The lowest BCUT2D eigenvalue weighted by Gasteiger charge is -2.14. The van der Waals surface area contributed by atoms with Gasteiger partial charge in [-0.1, -0.05) is 29.8 Å². The first-order valence-electron chi connectivity index (χ1n) is 8.32. The molecule has 0 aliphatic rings. The van der Waals surface area contributed by atoms with Crippen LogP contribution in [0.4, 0.5) is 5.69 Å². The van der Waals surface area contributed by atoms with Gasteiger partial charge in [0.2, 0.25) is 0 Å². The van der Waals surface area contributed by atoms with Crippen LogP contribution >= 0.6 is 11.6 Å². The van der Waals surface area contributed by atoms with Gasteiger partial charge in [-0.25, -0.2) is 4.98 Å². The van der Waals surface area contributed by atoms with E-state index < -0.39 is 18.0 Å². The Kier molecular flexibility index (Phi) is 7.41. The number of anilines is 1. The van der Waals surface area contributed by atoms with E-state index in [-0.39, 0.29) is 11.6 Å². The number of pyridine rings is 1. The van der Waals surface area contributed by atoms with Crippen LogP contribution in [0.25, 0.3) is 0 Å². The van der Waals surface area contributed by atoms with E-state index in [0.29, 0.717) is 18.7 Å². The number of aryl methyl sites for hydroxylation is 1. The first kappa shape index (κ1) is 19.7. The zero-order chi connectivity index (χ0) is 18.9. The summed E-state index contributed by atoms with van der Waals surface area (Å²) in [5.74, 6) is -0.181. The summed E-state index contributed by atoms with van der Waals surface area (Å²) in [6, 6.07) is 10.8. The first-order valence-corrected chi connectivity index (χ1v) is 8.70. The van der Waals surface area contributed by atoms with Crippen LogP contribution in [0.5, 0.6) is 5.75 Å². The summed E-state index contributed by atoms with van der Waals surface area (Å²) >= 11 is 5.89. The largest absolute Gasteiger partial charge is 0.494 e. The molecule has 2 rings (SSSR count). The number of ether oxygens (including phenoxy) is 2. The van der Waals surface area contributed by atoms with E-state index in [9.17, 15) is 9.59 Å².